The fourth-order valence-electron chi connectivity index (χ4n) is 0.758. The molecule has 0 heterocycles. The van der Waals surface area contributed by atoms with E-state index in [4.69, 9.17) is 5.11 Å². The quantitative estimate of drug-likeness (QED) is 0.503. The molecule has 0 aliphatic carbocycles. The highest BCUT2D eigenvalue weighted by Crippen LogP contribution is 1.97. The topological polar surface area (TPSA) is 57.6 Å². The predicted molar refractivity (Wildman–Crippen MR) is 49.2 cm³/mol. The molecule has 0 aromatic rings. The van der Waals surface area contributed by atoms with Crippen LogP contribution in [0.2, 0.25) is 0 Å². The molecule has 0 saturated carbocycles. The highest BCUT2D eigenvalue weighted by Gasteiger charge is 2.11. The average molecular weight is 183 g/mol. The molecule has 0 atom stereocenters. The molecule has 0 fully saturated rings. The van der Waals surface area contributed by atoms with Gasteiger partial charge in [0, 0.05) is 19.0 Å². The largest absolute Gasteiger partial charge is 0.478 e. The van der Waals surface area contributed by atoms with Gasteiger partial charge in [0.1, 0.15) is 0 Å². The summed E-state index contributed by atoms with van der Waals surface area (Å²) < 4.78 is 0. The van der Waals surface area contributed by atoms with Crippen LogP contribution in [0.3, 0.4) is 0 Å². The summed E-state index contributed by atoms with van der Waals surface area (Å²) in [4.78, 5) is 22.7. The van der Waals surface area contributed by atoms with E-state index < -0.39 is 5.97 Å². The number of nitrogens with zero attached hydrogens (tertiary/aromatic N) is 1. The Morgan fingerprint density at radius 2 is 2.08 bits per heavy atom. The first-order chi connectivity index (χ1) is 5.99. The lowest BCUT2D eigenvalue weighted by Gasteiger charge is -2.18. The second kappa shape index (κ2) is 5.13. The molecule has 4 nitrogen and oxygen atoms in total. The van der Waals surface area contributed by atoms with E-state index in [9.17, 15) is 9.59 Å². The van der Waals surface area contributed by atoms with Gasteiger partial charge in [-0.2, -0.15) is 0 Å². The van der Waals surface area contributed by atoms with Crippen LogP contribution >= 0.6 is 0 Å². The molecule has 0 bridgehead atoms. The number of hydrogen-bond acceptors (Lipinski definition) is 2. The Balaban J connectivity index is 4.25. The Kier molecular flexibility index (Phi) is 4.51. The van der Waals surface area contributed by atoms with E-state index in [0.717, 1.165) is 0 Å². The number of carboxylic acid groups (broad SMARTS) is 1. The van der Waals surface area contributed by atoms with Crippen molar-refractivity contribution < 1.29 is 14.7 Å². The third-order valence-corrected chi connectivity index (χ3v) is 1.48. The summed E-state index contributed by atoms with van der Waals surface area (Å²) in [5, 5.41) is 8.52. The minimum Gasteiger partial charge on any atom is -0.478 e. The van der Waals surface area contributed by atoms with E-state index >= 15 is 0 Å². The fraction of sp³-hybridized carbons (Fsp3) is 0.333. The second-order valence-electron chi connectivity index (χ2n) is 2.60. The Bertz CT molecular complexity index is 245. The number of carbonyl (C=O) groups excluding carboxylic acids is 1. The normalized spacial score (nSPS) is 9.00. The van der Waals surface area contributed by atoms with Crippen molar-refractivity contribution in [1.82, 2.24) is 4.90 Å². The van der Waals surface area contributed by atoms with Crippen LogP contribution in [0.4, 0.5) is 0 Å². The molecule has 0 aromatic heterocycles. The van der Waals surface area contributed by atoms with E-state index in [1.165, 1.54) is 17.9 Å². The molecule has 1 amide bonds. The monoisotopic (exact) mass is 183 g/mol. The van der Waals surface area contributed by atoms with Crippen LogP contribution < -0.4 is 0 Å². The summed E-state index contributed by atoms with van der Waals surface area (Å²) in [5.41, 5.74) is -0.00273. The maximum atomic E-state index is 10.9. The smallest absolute Gasteiger partial charge is 0.332 e. The van der Waals surface area contributed by atoms with Crippen molar-refractivity contribution in [3.05, 3.63) is 24.8 Å². The molecule has 0 aliphatic rings. The van der Waals surface area contributed by atoms with E-state index in [1.807, 2.05) is 0 Å². The maximum absolute atomic E-state index is 10.9. The van der Waals surface area contributed by atoms with Gasteiger partial charge in [0.05, 0.1) is 6.54 Å². The third-order valence-electron chi connectivity index (χ3n) is 1.48. The molecule has 0 unspecified atom stereocenters. The van der Waals surface area contributed by atoms with Crippen LogP contribution in [0.1, 0.15) is 6.92 Å². The van der Waals surface area contributed by atoms with Gasteiger partial charge in [-0.05, 0) is 0 Å². The van der Waals surface area contributed by atoms with Crippen LogP contribution in [0.5, 0.6) is 0 Å². The van der Waals surface area contributed by atoms with Crippen molar-refractivity contribution in [2.75, 3.05) is 13.1 Å². The van der Waals surface area contributed by atoms with Crippen LogP contribution in [0.15, 0.2) is 24.8 Å². The molecule has 13 heavy (non-hydrogen) atoms. The average Bonchev–Trinajstić information content (AvgIpc) is 2.03. The van der Waals surface area contributed by atoms with E-state index in [0.29, 0.717) is 6.54 Å². The van der Waals surface area contributed by atoms with Crippen LogP contribution in [-0.2, 0) is 9.59 Å². The van der Waals surface area contributed by atoms with Crippen molar-refractivity contribution in [1.29, 1.82) is 0 Å². The first-order valence-electron chi connectivity index (χ1n) is 3.76. The number of carbonyl (C=O) groups is 2. The van der Waals surface area contributed by atoms with Gasteiger partial charge in [-0.3, -0.25) is 4.79 Å². The standard InChI is InChI=1S/C9H13NO3/c1-4-5-10(8(3)11)6-7(2)9(12)13/h4H,1-2,5-6H2,3H3,(H,12,13). The number of amides is 1. The van der Waals surface area contributed by atoms with Gasteiger partial charge in [0.15, 0.2) is 0 Å². The molecule has 0 aromatic carbocycles. The van der Waals surface area contributed by atoms with Crippen molar-refractivity contribution >= 4 is 11.9 Å². The molecular formula is C9H13NO3. The molecule has 1 N–H and O–H groups in total. The first kappa shape index (κ1) is 11.4. The number of carboxylic acids is 1. The number of aliphatic carboxylic acids is 1. The van der Waals surface area contributed by atoms with Gasteiger partial charge in [0.25, 0.3) is 0 Å². The maximum Gasteiger partial charge on any atom is 0.332 e. The Morgan fingerprint density at radius 1 is 1.54 bits per heavy atom. The molecule has 4 heteroatoms. The minimum atomic E-state index is -1.09. The Hall–Kier alpha value is -1.58. The number of rotatable bonds is 5. The van der Waals surface area contributed by atoms with Crippen molar-refractivity contribution in [3.63, 3.8) is 0 Å². The lowest BCUT2D eigenvalue weighted by atomic mass is 10.3. The summed E-state index contributed by atoms with van der Waals surface area (Å²) in [7, 11) is 0. The highest BCUT2D eigenvalue weighted by atomic mass is 16.4. The first-order valence-corrected chi connectivity index (χ1v) is 3.76. The summed E-state index contributed by atoms with van der Waals surface area (Å²) in [5.74, 6) is -1.28. The molecule has 0 radical (unpaired) electrons. The predicted octanol–water partition coefficient (Wildman–Crippen LogP) is 0.662. The van der Waals surface area contributed by atoms with Crippen LogP contribution in [0, 0.1) is 0 Å². The molecule has 72 valence electrons. The Morgan fingerprint density at radius 3 is 2.38 bits per heavy atom. The third kappa shape index (κ3) is 4.10. The van der Waals surface area contributed by atoms with E-state index in [2.05, 4.69) is 13.2 Å². The summed E-state index contributed by atoms with van der Waals surface area (Å²) >= 11 is 0. The van der Waals surface area contributed by atoms with Gasteiger partial charge >= 0.3 is 5.97 Å². The van der Waals surface area contributed by atoms with Crippen LogP contribution in [-0.4, -0.2) is 35.0 Å². The van der Waals surface area contributed by atoms with Crippen molar-refractivity contribution in [3.8, 4) is 0 Å². The van der Waals surface area contributed by atoms with Gasteiger partial charge < -0.3 is 10.0 Å². The molecule has 0 rings (SSSR count). The van der Waals surface area contributed by atoms with Gasteiger partial charge in [-0.1, -0.05) is 12.7 Å². The molecule has 0 spiro atoms. The summed E-state index contributed by atoms with van der Waals surface area (Å²) in [6.07, 6.45) is 1.54. The van der Waals surface area contributed by atoms with Gasteiger partial charge in [0.2, 0.25) is 5.91 Å². The highest BCUT2D eigenvalue weighted by molar-refractivity contribution is 5.87. The van der Waals surface area contributed by atoms with Crippen LogP contribution in [0.25, 0.3) is 0 Å². The van der Waals surface area contributed by atoms with E-state index in [-0.39, 0.29) is 18.0 Å². The lowest BCUT2D eigenvalue weighted by Crippen LogP contribution is -2.32. The molecule has 0 saturated heterocycles. The zero-order valence-electron chi connectivity index (χ0n) is 7.62. The Labute approximate surface area is 77.2 Å². The molecule has 0 aliphatic heterocycles. The minimum absolute atomic E-state index is 0.00273. The second-order valence-corrected chi connectivity index (χ2v) is 2.60. The van der Waals surface area contributed by atoms with Gasteiger partial charge in [-0.15, -0.1) is 6.58 Å². The van der Waals surface area contributed by atoms with Crippen molar-refractivity contribution in [2.24, 2.45) is 0 Å². The lowest BCUT2D eigenvalue weighted by molar-refractivity contribution is -0.133. The fourth-order valence-corrected chi connectivity index (χ4v) is 0.758. The summed E-state index contributed by atoms with van der Waals surface area (Å²) in [6.45, 7) is 8.54. The zero-order chi connectivity index (χ0) is 10.4. The number of hydrogen-bond donors (Lipinski definition) is 1. The summed E-state index contributed by atoms with van der Waals surface area (Å²) in [6, 6.07) is 0. The SMILES string of the molecule is C=CCN(CC(=C)C(=O)O)C(C)=O. The zero-order valence-corrected chi connectivity index (χ0v) is 7.62. The molecular weight excluding hydrogens is 170 g/mol. The van der Waals surface area contributed by atoms with Gasteiger partial charge in [-0.25, -0.2) is 4.79 Å². The van der Waals surface area contributed by atoms with E-state index in [1.54, 1.807) is 0 Å². The van der Waals surface area contributed by atoms with Crippen molar-refractivity contribution in [2.45, 2.75) is 6.92 Å².